The van der Waals surface area contributed by atoms with Crippen LogP contribution in [0.1, 0.15) is 26.7 Å². The third-order valence-electron chi connectivity index (χ3n) is 0.854. The van der Waals surface area contributed by atoms with E-state index < -0.39 is 0 Å². The minimum atomic E-state index is -0.250. The first-order valence-electron chi connectivity index (χ1n) is 3.62. The van der Waals surface area contributed by atoms with Crippen LogP contribution in [0.5, 0.6) is 0 Å². The van der Waals surface area contributed by atoms with E-state index in [0.29, 0.717) is 0 Å². The molecule has 0 atom stereocenters. The smallest absolute Gasteiger partial charge is 0.290 e. The number of rotatable bonds is 4. The second-order valence-electron chi connectivity index (χ2n) is 1.86. The molecule has 0 saturated carbocycles. The van der Waals surface area contributed by atoms with Gasteiger partial charge in [-0.1, -0.05) is 13.8 Å². The van der Waals surface area contributed by atoms with Crippen molar-refractivity contribution in [2.45, 2.75) is 26.7 Å². The summed E-state index contributed by atoms with van der Waals surface area (Å²) in [6.45, 7) is 6.47. The van der Waals surface area contributed by atoms with Crippen LogP contribution in [-0.2, 0) is 4.79 Å². The van der Waals surface area contributed by atoms with Crippen molar-refractivity contribution in [2.24, 2.45) is 0 Å². The molecule has 0 saturated heterocycles. The van der Waals surface area contributed by atoms with Crippen molar-refractivity contribution < 1.29 is 9.90 Å². The van der Waals surface area contributed by atoms with Crippen molar-refractivity contribution in [1.29, 1.82) is 0 Å². The van der Waals surface area contributed by atoms with Crippen molar-refractivity contribution in [3.63, 3.8) is 0 Å². The Morgan fingerprint density at radius 2 is 1.60 bits per heavy atom. The van der Waals surface area contributed by atoms with E-state index in [4.69, 9.17) is 9.90 Å². The molecule has 2 N–H and O–H groups in total. The molecule has 0 aliphatic heterocycles. The van der Waals surface area contributed by atoms with Crippen molar-refractivity contribution in [1.82, 2.24) is 5.32 Å². The minimum Gasteiger partial charge on any atom is -0.483 e. The van der Waals surface area contributed by atoms with Gasteiger partial charge in [0.15, 0.2) is 0 Å². The highest BCUT2D eigenvalue weighted by Gasteiger charge is 1.76. The van der Waals surface area contributed by atoms with E-state index >= 15 is 0 Å². The van der Waals surface area contributed by atoms with Crippen LogP contribution >= 0.6 is 0 Å². The van der Waals surface area contributed by atoms with Crippen LogP contribution in [-0.4, -0.2) is 24.7 Å². The molecule has 0 aliphatic rings. The van der Waals surface area contributed by atoms with Crippen LogP contribution in [0.4, 0.5) is 0 Å². The Kier molecular flexibility index (Phi) is 19.2. The first-order valence-corrected chi connectivity index (χ1v) is 3.62. The van der Waals surface area contributed by atoms with Crippen LogP contribution in [0.25, 0.3) is 0 Å². The zero-order valence-electron chi connectivity index (χ0n) is 6.76. The van der Waals surface area contributed by atoms with E-state index in [-0.39, 0.29) is 6.47 Å². The predicted octanol–water partition coefficient (Wildman–Crippen LogP) is 1.10. The Hall–Kier alpha value is -0.570. The molecule has 0 radical (unpaired) electrons. The maximum absolute atomic E-state index is 8.36. The number of carboxylic acid groups (broad SMARTS) is 1. The lowest BCUT2D eigenvalue weighted by Gasteiger charge is -1.95. The summed E-state index contributed by atoms with van der Waals surface area (Å²) in [4.78, 5) is 8.36. The molecule has 3 heteroatoms. The lowest BCUT2D eigenvalue weighted by molar-refractivity contribution is -0.122. The molecule has 0 aromatic heterocycles. The molecule has 0 rings (SSSR count). The lowest BCUT2D eigenvalue weighted by Crippen LogP contribution is -2.14. The van der Waals surface area contributed by atoms with Crippen molar-refractivity contribution in [2.75, 3.05) is 13.1 Å². The van der Waals surface area contributed by atoms with Crippen LogP contribution in [0.2, 0.25) is 0 Å². The monoisotopic (exact) mass is 147 g/mol. The fourth-order valence-electron chi connectivity index (χ4n) is 0.479. The number of hydrogen-bond acceptors (Lipinski definition) is 2. The highest BCUT2D eigenvalue weighted by atomic mass is 16.3. The van der Waals surface area contributed by atoms with Crippen molar-refractivity contribution in [3.8, 4) is 0 Å². The molecule has 0 aromatic rings. The molecule has 0 aliphatic carbocycles. The zero-order valence-corrected chi connectivity index (χ0v) is 6.76. The average molecular weight is 147 g/mol. The Morgan fingerprint density at radius 1 is 1.30 bits per heavy atom. The summed E-state index contributed by atoms with van der Waals surface area (Å²) in [5.41, 5.74) is 0. The first kappa shape index (κ1) is 12.1. The van der Waals surface area contributed by atoms with E-state index in [1.54, 1.807) is 0 Å². The van der Waals surface area contributed by atoms with Gasteiger partial charge in [0.05, 0.1) is 0 Å². The predicted molar refractivity (Wildman–Crippen MR) is 42.1 cm³/mol. The molecular formula is C7H17NO2. The van der Waals surface area contributed by atoms with Crippen LogP contribution in [0, 0.1) is 0 Å². The van der Waals surface area contributed by atoms with Gasteiger partial charge in [-0.2, -0.15) is 0 Å². The molecule has 0 spiro atoms. The average Bonchev–Trinajstić information content (AvgIpc) is 1.91. The van der Waals surface area contributed by atoms with Crippen molar-refractivity contribution in [3.05, 3.63) is 0 Å². The molecule has 0 heterocycles. The van der Waals surface area contributed by atoms with Gasteiger partial charge in [0.25, 0.3) is 6.47 Å². The van der Waals surface area contributed by atoms with E-state index in [1.807, 2.05) is 0 Å². The van der Waals surface area contributed by atoms with E-state index in [9.17, 15) is 0 Å². The highest BCUT2D eigenvalue weighted by Crippen LogP contribution is 1.71. The fourth-order valence-corrected chi connectivity index (χ4v) is 0.479. The molecule has 10 heavy (non-hydrogen) atoms. The van der Waals surface area contributed by atoms with Gasteiger partial charge >= 0.3 is 0 Å². The van der Waals surface area contributed by atoms with E-state index in [0.717, 1.165) is 0 Å². The molecule has 0 fully saturated rings. The van der Waals surface area contributed by atoms with Crippen LogP contribution in [0.15, 0.2) is 0 Å². The Balaban J connectivity index is 0. The maximum Gasteiger partial charge on any atom is 0.290 e. The number of hydrogen-bond donors (Lipinski definition) is 2. The fraction of sp³-hybridized carbons (Fsp3) is 0.857. The SMILES string of the molecule is CCCNCCC.O=CO. The third kappa shape index (κ3) is 26.1. The summed E-state index contributed by atoms with van der Waals surface area (Å²) in [6, 6.07) is 0. The Labute approximate surface area is 62.4 Å². The van der Waals surface area contributed by atoms with Gasteiger partial charge in [0.1, 0.15) is 0 Å². The molecule has 62 valence electrons. The highest BCUT2D eigenvalue weighted by molar-refractivity contribution is 5.32. The van der Waals surface area contributed by atoms with Gasteiger partial charge in [-0.3, -0.25) is 4.79 Å². The van der Waals surface area contributed by atoms with Crippen LogP contribution < -0.4 is 5.32 Å². The van der Waals surface area contributed by atoms with Gasteiger partial charge in [-0.15, -0.1) is 0 Å². The van der Waals surface area contributed by atoms with Crippen molar-refractivity contribution >= 4 is 6.47 Å². The van der Waals surface area contributed by atoms with Gasteiger partial charge in [-0.05, 0) is 25.9 Å². The molecular weight excluding hydrogens is 130 g/mol. The molecule has 0 bridgehead atoms. The summed E-state index contributed by atoms with van der Waals surface area (Å²) in [5.74, 6) is 0. The molecule has 0 aromatic carbocycles. The van der Waals surface area contributed by atoms with Gasteiger partial charge in [0.2, 0.25) is 0 Å². The minimum absolute atomic E-state index is 0.250. The molecule has 3 nitrogen and oxygen atoms in total. The standard InChI is InChI=1S/C6H15N.CH2O2/c1-3-5-7-6-4-2;2-1-3/h7H,3-6H2,1-2H3;1H,(H,2,3). The largest absolute Gasteiger partial charge is 0.483 e. The maximum atomic E-state index is 8.36. The normalized spacial score (nSPS) is 7.80. The Morgan fingerprint density at radius 3 is 1.80 bits per heavy atom. The van der Waals surface area contributed by atoms with Gasteiger partial charge in [-0.25, -0.2) is 0 Å². The second-order valence-corrected chi connectivity index (χ2v) is 1.86. The number of carbonyl (C=O) groups is 1. The topological polar surface area (TPSA) is 49.3 Å². The summed E-state index contributed by atoms with van der Waals surface area (Å²) in [7, 11) is 0. The summed E-state index contributed by atoms with van der Waals surface area (Å²) in [5, 5.41) is 10.2. The zero-order chi connectivity index (χ0) is 8.24. The van der Waals surface area contributed by atoms with Gasteiger partial charge < -0.3 is 10.4 Å². The van der Waals surface area contributed by atoms with Crippen LogP contribution in [0.3, 0.4) is 0 Å². The second kappa shape index (κ2) is 15.8. The summed E-state index contributed by atoms with van der Waals surface area (Å²) in [6.07, 6.45) is 2.50. The quantitative estimate of drug-likeness (QED) is 0.462. The van der Waals surface area contributed by atoms with E-state index in [1.165, 1.54) is 25.9 Å². The number of nitrogens with one attached hydrogen (secondary N) is 1. The Bertz CT molecular complexity index is 53.6. The lowest BCUT2D eigenvalue weighted by atomic mass is 10.4. The third-order valence-corrected chi connectivity index (χ3v) is 0.854. The first-order chi connectivity index (χ1) is 4.83. The summed E-state index contributed by atoms with van der Waals surface area (Å²) < 4.78 is 0. The van der Waals surface area contributed by atoms with E-state index in [2.05, 4.69) is 19.2 Å². The van der Waals surface area contributed by atoms with Gasteiger partial charge in [0, 0.05) is 0 Å². The summed E-state index contributed by atoms with van der Waals surface area (Å²) >= 11 is 0. The molecule has 0 unspecified atom stereocenters. The molecule has 0 amide bonds.